The van der Waals surface area contributed by atoms with Crippen LogP contribution in [-0.4, -0.2) is 75.2 Å². The summed E-state index contributed by atoms with van der Waals surface area (Å²) in [5.74, 6) is -0.110. The SMILES string of the molecule is Cc1nn([C@@H]2CCN(C)C2)cc1Nc1ncc(C(F)(F)F)c(NCCCN2CCCCC2=O)n1. The van der Waals surface area contributed by atoms with Crippen LogP contribution < -0.4 is 10.6 Å². The second-order valence-electron chi connectivity index (χ2n) is 9.01. The molecule has 4 heterocycles. The van der Waals surface area contributed by atoms with E-state index in [2.05, 4.69) is 37.6 Å². The lowest BCUT2D eigenvalue weighted by atomic mass is 10.1. The maximum atomic E-state index is 13.5. The molecule has 34 heavy (non-hydrogen) atoms. The van der Waals surface area contributed by atoms with Gasteiger partial charge in [-0.15, -0.1) is 0 Å². The van der Waals surface area contributed by atoms with Crippen LogP contribution in [0.5, 0.6) is 0 Å². The molecule has 2 fully saturated rings. The first kappa shape index (κ1) is 24.2. The van der Waals surface area contributed by atoms with Crippen LogP contribution in [0.2, 0.25) is 0 Å². The van der Waals surface area contributed by atoms with E-state index in [1.807, 2.05) is 17.8 Å². The number of aromatic nitrogens is 4. The Kier molecular flexibility index (Phi) is 7.24. The third-order valence-corrected chi connectivity index (χ3v) is 6.32. The highest BCUT2D eigenvalue weighted by molar-refractivity contribution is 5.76. The predicted molar refractivity (Wildman–Crippen MR) is 122 cm³/mol. The number of likely N-dealkylation sites (tertiary alicyclic amines) is 2. The molecule has 0 unspecified atom stereocenters. The van der Waals surface area contributed by atoms with Gasteiger partial charge in [0.05, 0.1) is 17.4 Å². The van der Waals surface area contributed by atoms with Crippen LogP contribution in [0.4, 0.5) is 30.6 Å². The normalized spacial score (nSPS) is 19.6. The Bertz CT molecular complexity index is 1010. The van der Waals surface area contributed by atoms with Crippen LogP contribution in [0.1, 0.15) is 49.4 Å². The number of rotatable bonds is 8. The molecule has 0 bridgehead atoms. The highest BCUT2D eigenvalue weighted by Crippen LogP contribution is 2.34. The molecule has 12 heteroatoms. The summed E-state index contributed by atoms with van der Waals surface area (Å²) in [6.45, 7) is 5.21. The van der Waals surface area contributed by atoms with Crippen LogP contribution in [-0.2, 0) is 11.0 Å². The average Bonchev–Trinajstić information content (AvgIpc) is 3.37. The largest absolute Gasteiger partial charge is 0.421 e. The monoisotopic (exact) mass is 480 g/mol. The van der Waals surface area contributed by atoms with Crippen molar-refractivity contribution in [2.45, 2.75) is 51.2 Å². The van der Waals surface area contributed by atoms with Crippen molar-refractivity contribution in [1.82, 2.24) is 29.5 Å². The molecule has 186 valence electrons. The van der Waals surface area contributed by atoms with E-state index in [9.17, 15) is 18.0 Å². The third kappa shape index (κ3) is 5.78. The molecule has 0 spiro atoms. The van der Waals surface area contributed by atoms with Crippen molar-refractivity contribution in [2.24, 2.45) is 0 Å². The van der Waals surface area contributed by atoms with Gasteiger partial charge in [-0.05, 0) is 46.2 Å². The highest BCUT2D eigenvalue weighted by atomic mass is 19.4. The molecule has 0 saturated carbocycles. The molecule has 2 aliphatic rings. The van der Waals surface area contributed by atoms with E-state index in [4.69, 9.17) is 0 Å². The first-order valence-electron chi connectivity index (χ1n) is 11.7. The van der Waals surface area contributed by atoms with Crippen molar-refractivity contribution in [3.8, 4) is 0 Å². The van der Waals surface area contributed by atoms with Gasteiger partial charge in [0, 0.05) is 45.0 Å². The van der Waals surface area contributed by atoms with Crippen LogP contribution in [0.3, 0.4) is 0 Å². The summed E-state index contributed by atoms with van der Waals surface area (Å²) in [4.78, 5) is 23.9. The minimum absolute atomic E-state index is 0.0629. The second kappa shape index (κ2) is 10.2. The number of hydrogen-bond acceptors (Lipinski definition) is 7. The topological polar surface area (TPSA) is 91.2 Å². The number of piperidine rings is 1. The summed E-state index contributed by atoms with van der Waals surface area (Å²) in [5, 5.41) is 10.4. The minimum Gasteiger partial charge on any atom is -0.369 e. The molecule has 2 aromatic heterocycles. The molecule has 4 rings (SSSR count). The highest BCUT2D eigenvalue weighted by Gasteiger charge is 2.35. The van der Waals surface area contributed by atoms with E-state index >= 15 is 0 Å². The van der Waals surface area contributed by atoms with Crippen LogP contribution in [0, 0.1) is 6.92 Å². The molecular weight excluding hydrogens is 449 g/mol. The summed E-state index contributed by atoms with van der Waals surface area (Å²) >= 11 is 0. The number of anilines is 3. The van der Waals surface area contributed by atoms with Crippen molar-refractivity contribution in [1.29, 1.82) is 0 Å². The lowest BCUT2D eigenvalue weighted by Crippen LogP contribution is -2.36. The molecule has 0 radical (unpaired) electrons. The number of aryl methyl sites for hydroxylation is 1. The van der Waals surface area contributed by atoms with E-state index in [-0.39, 0.29) is 30.3 Å². The number of likely N-dealkylation sites (N-methyl/N-ethyl adjacent to an activating group) is 1. The molecule has 2 aliphatic heterocycles. The zero-order valence-electron chi connectivity index (χ0n) is 19.5. The van der Waals surface area contributed by atoms with E-state index in [0.29, 0.717) is 31.6 Å². The number of nitrogens with zero attached hydrogens (tertiary/aromatic N) is 6. The molecule has 1 atom stereocenters. The Morgan fingerprint density at radius 1 is 1.24 bits per heavy atom. The molecule has 9 nitrogen and oxygen atoms in total. The Labute approximate surface area is 196 Å². The van der Waals surface area contributed by atoms with Crippen LogP contribution in [0.25, 0.3) is 0 Å². The Morgan fingerprint density at radius 2 is 2.06 bits per heavy atom. The third-order valence-electron chi connectivity index (χ3n) is 6.32. The summed E-state index contributed by atoms with van der Waals surface area (Å²) in [5.41, 5.74) is 0.455. The van der Waals surface area contributed by atoms with E-state index in [0.717, 1.165) is 44.2 Å². The van der Waals surface area contributed by atoms with Gasteiger partial charge in [-0.1, -0.05) is 0 Å². The van der Waals surface area contributed by atoms with Gasteiger partial charge in [0.15, 0.2) is 0 Å². The van der Waals surface area contributed by atoms with Crippen molar-refractivity contribution in [3.63, 3.8) is 0 Å². The number of carbonyl (C=O) groups is 1. The van der Waals surface area contributed by atoms with Gasteiger partial charge in [-0.2, -0.15) is 23.3 Å². The van der Waals surface area contributed by atoms with Gasteiger partial charge in [-0.25, -0.2) is 4.98 Å². The van der Waals surface area contributed by atoms with Gasteiger partial charge in [0.2, 0.25) is 11.9 Å². The van der Waals surface area contributed by atoms with Crippen LogP contribution in [0.15, 0.2) is 12.4 Å². The summed E-state index contributed by atoms with van der Waals surface area (Å²) in [6.07, 6.45) is 1.98. The maximum absolute atomic E-state index is 13.5. The quantitative estimate of drug-likeness (QED) is 0.560. The fourth-order valence-corrected chi connectivity index (χ4v) is 4.40. The standard InChI is InChI=1S/C22H31F3N8O/c1-15-18(14-33(30-15)16-7-11-31(2)13-16)28-21-27-12-17(22(23,24)25)20(29-21)26-8-5-10-32-9-4-3-6-19(32)34/h12,14,16H,3-11,13H2,1-2H3,(H2,26,27,28,29)/t16-/m1/s1. The smallest absolute Gasteiger partial charge is 0.369 e. The van der Waals surface area contributed by atoms with Crippen molar-refractivity contribution in [3.05, 3.63) is 23.7 Å². The van der Waals surface area contributed by atoms with Gasteiger partial charge >= 0.3 is 6.18 Å². The molecule has 0 aromatic carbocycles. The number of halogens is 3. The van der Waals surface area contributed by atoms with Crippen LogP contribution >= 0.6 is 0 Å². The summed E-state index contributed by atoms with van der Waals surface area (Å²) in [7, 11) is 2.06. The molecule has 2 aromatic rings. The fraction of sp³-hybridized carbons (Fsp3) is 0.636. The number of alkyl halides is 3. The number of carbonyl (C=O) groups excluding carboxylic acids is 1. The maximum Gasteiger partial charge on any atom is 0.421 e. The van der Waals surface area contributed by atoms with E-state index in [1.54, 1.807) is 4.90 Å². The molecule has 2 N–H and O–H groups in total. The first-order valence-corrected chi connectivity index (χ1v) is 11.7. The number of hydrogen-bond donors (Lipinski definition) is 2. The minimum atomic E-state index is -4.58. The zero-order valence-corrected chi connectivity index (χ0v) is 19.5. The second-order valence-corrected chi connectivity index (χ2v) is 9.01. The van der Waals surface area contributed by atoms with Gasteiger partial charge in [0.25, 0.3) is 0 Å². The lowest BCUT2D eigenvalue weighted by molar-refractivity contribution is -0.137. The molecule has 1 amide bonds. The van der Waals surface area contributed by atoms with E-state index < -0.39 is 11.7 Å². The van der Waals surface area contributed by atoms with Crippen molar-refractivity contribution >= 4 is 23.4 Å². The number of amides is 1. The fourth-order valence-electron chi connectivity index (χ4n) is 4.40. The van der Waals surface area contributed by atoms with Crippen molar-refractivity contribution in [2.75, 3.05) is 50.4 Å². The van der Waals surface area contributed by atoms with Gasteiger partial charge < -0.3 is 20.4 Å². The lowest BCUT2D eigenvalue weighted by Gasteiger charge is -2.26. The van der Waals surface area contributed by atoms with Crippen molar-refractivity contribution < 1.29 is 18.0 Å². The Morgan fingerprint density at radius 3 is 2.76 bits per heavy atom. The zero-order chi connectivity index (χ0) is 24.3. The Balaban J connectivity index is 1.43. The van der Waals surface area contributed by atoms with Gasteiger partial charge in [0.1, 0.15) is 11.4 Å². The predicted octanol–water partition coefficient (Wildman–Crippen LogP) is 3.44. The van der Waals surface area contributed by atoms with E-state index in [1.165, 1.54) is 0 Å². The summed E-state index contributed by atoms with van der Waals surface area (Å²) < 4.78 is 42.5. The first-order chi connectivity index (χ1) is 16.2. The molecule has 0 aliphatic carbocycles. The number of nitrogens with one attached hydrogen (secondary N) is 2. The van der Waals surface area contributed by atoms with Gasteiger partial charge in [-0.3, -0.25) is 9.48 Å². The molecule has 2 saturated heterocycles. The summed E-state index contributed by atoms with van der Waals surface area (Å²) in [6, 6.07) is 0.261. The Hall–Kier alpha value is -2.89. The molecular formula is C22H31F3N8O. The average molecular weight is 481 g/mol.